The van der Waals surface area contributed by atoms with Gasteiger partial charge in [-0.1, -0.05) is 12.2 Å². The van der Waals surface area contributed by atoms with Gasteiger partial charge >= 0.3 is 0 Å². The molecule has 1 aromatic carbocycles. The lowest BCUT2D eigenvalue weighted by atomic mass is 9.93. The molecular formula is C17H20F2N2O3S. The van der Waals surface area contributed by atoms with Crippen LogP contribution in [0, 0.1) is 17.6 Å². The molecule has 1 aromatic rings. The normalized spacial score (nSPS) is 22.2. The zero-order valence-electron chi connectivity index (χ0n) is 13.7. The van der Waals surface area contributed by atoms with Gasteiger partial charge in [-0.2, -0.15) is 4.31 Å². The number of hydrogen-bond donors (Lipinski definition) is 0. The molecule has 136 valence electrons. The van der Waals surface area contributed by atoms with Crippen molar-refractivity contribution in [1.82, 2.24) is 9.21 Å². The second-order valence-electron chi connectivity index (χ2n) is 6.29. The number of carbonyl (C=O) groups is 1. The van der Waals surface area contributed by atoms with Gasteiger partial charge < -0.3 is 4.90 Å². The van der Waals surface area contributed by atoms with E-state index in [0.717, 1.165) is 35.7 Å². The number of piperazine rings is 1. The van der Waals surface area contributed by atoms with Gasteiger partial charge in [0.1, 0.15) is 16.5 Å². The highest BCUT2D eigenvalue weighted by molar-refractivity contribution is 7.89. The average Bonchev–Trinajstić information content (AvgIpc) is 2.61. The van der Waals surface area contributed by atoms with Crippen LogP contribution in [0.5, 0.6) is 0 Å². The molecule has 0 bridgehead atoms. The minimum absolute atomic E-state index is 0.0392. The van der Waals surface area contributed by atoms with Crippen LogP contribution in [-0.2, 0) is 14.8 Å². The summed E-state index contributed by atoms with van der Waals surface area (Å²) in [4.78, 5) is 13.6. The topological polar surface area (TPSA) is 57.7 Å². The van der Waals surface area contributed by atoms with Gasteiger partial charge in [0.25, 0.3) is 0 Å². The predicted molar refractivity (Wildman–Crippen MR) is 88.2 cm³/mol. The average molecular weight is 370 g/mol. The summed E-state index contributed by atoms with van der Waals surface area (Å²) in [6.07, 6.45) is 6.48. The molecule has 5 nitrogen and oxygen atoms in total. The van der Waals surface area contributed by atoms with Crippen LogP contribution in [0.15, 0.2) is 35.2 Å². The molecule has 1 atom stereocenters. The van der Waals surface area contributed by atoms with Gasteiger partial charge in [-0.05, 0) is 31.4 Å². The number of sulfonamides is 1. The van der Waals surface area contributed by atoms with E-state index in [4.69, 9.17) is 0 Å². The zero-order chi connectivity index (χ0) is 18.0. The monoisotopic (exact) mass is 370 g/mol. The van der Waals surface area contributed by atoms with Gasteiger partial charge in [-0.25, -0.2) is 17.2 Å². The van der Waals surface area contributed by atoms with Crippen LogP contribution in [0.4, 0.5) is 8.78 Å². The number of benzene rings is 1. The number of halogens is 2. The van der Waals surface area contributed by atoms with Gasteiger partial charge in [0.2, 0.25) is 15.9 Å². The van der Waals surface area contributed by atoms with E-state index in [1.165, 1.54) is 0 Å². The molecule has 0 aromatic heterocycles. The third kappa shape index (κ3) is 3.74. The van der Waals surface area contributed by atoms with E-state index in [9.17, 15) is 22.0 Å². The summed E-state index contributed by atoms with van der Waals surface area (Å²) in [6, 6.07) is 2.42. The second kappa shape index (κ2) is 7.21. The molecule has 1 fully saturated rings. The number of carbonyl (C=O) groups excluding carboxylic acids is 1. The Kier molecular flexibility index (Phi) is 5.19. The Morgan fingerprint density at radius 3 is 2.40 bits per heavy atom. The van der Waals surface area contributed by atoms with Crippen LogP contribution < -0.4 is 0 Å². The van der Waals surface area contributed by atoms with E-state index in [1.54, 1.807) is 4.90 Å². The van der Waals surface area contributed by atoms with E-state index in [-0.39, 0.29) is 38.0 Å². The lowest BCUT2D eigenvalue weighted by Crippen LogP contribution is -2.52. The van der Waals surface area contributed by atoms with Crippen molar-refractivity contribution in [2.45, 2.75) is 24.2 Å². The van der Waals surface area contributed by atoms with Crippen LogP contribution in [0.3, 0.4) is 0 Å². The molecule has 0 spiro atoms. The summed E-state index contributed by atoms with van der Waals surface area (Å²) in [6.45, 7) is 0.767. The molecule has 3 rings (SSSR count). The van der Waals surface area contributed by atoms with Crippen LogP contribution in [0.25, 0.3) is 0 Å². The number of allylic oxidation sites excluding steroid dienone is 2. The van der Waals surface area contributed by atoms with E-state index in [1.807, 2.05) is 6.08 Å². The molecule has 1 saturated heterocycles. The number of amides is 1. The zero-order valence-corrected chi connectivity index (χ0v) is 14.5. The van der Waals surface area contributed by atoms with Crippen molar-refractivity contribution in [3.05, 3.63) is 42.0 Å². The fraction of sp³-hybridized carbons (Fsp3) is 0.471. The molecule has 0 radical (unpaired) electrons. The van der Waals surface area contributed by atoms with Crippen molar-refractivity contribution >= 4 is 15.9 Å². The van der Waals surface area contributed by atoms with E-state index in [0.29, 0.717) is 6.07 Å². The van der Waals surface area contributed by atoms with Crippen LogP contribution in [-0.4, -0.2) is 49.7 Å². The highest BCUT2D eigenvalue weighted by atomic mass is 32.2. The van der Waals surface area contributed by atoms with Crippen LogP contribution in [0.1, 0.15) is 19.3 Å². The van der Waals surface area contributed by atoms with Crippen molar-refractivity contribution in [1.29, 1.82) is 0 Å². The molecular weight excluding hydrogens is 350 g/mol. The third-order valence-corrected chi connectivity index (χ3v) is 6.61. The Balaban J connectivity index is 1.67. The molecule has 25 heavy (non-hydrogen) atoms. The SMILES string of the molecule is O=C(C1CC=CCC1)N1CCN(S(=O)(=O)c2ccc(F)cc2F)CC1. The maximum absolute atomic E-state index is 13.8. The standard InChI is InChI=1S/C17H20F2N2O3S/c18-14-6-7-16(15(19)12-14)25(23,24)21-10-8-20(9-11-21)17(22)13-4-2-1-3-5-13/h1-2,6-7,12-13H,3-5,8-11H2. The minimum Gasteiger partial charge on any atom is -0.340 e. The summed E-state index contributed by atoms with van der Waals surface area (Å²) in [5.41, 5.74) is 0. The van der Waals surface area contributed by atoms with Crippen LogP contribution >= 0.6 is 0 Å². The van der Waals surface area contributed by atoms with Crippen LogP contribution in [0.2, 0.25) is 0 Å². The van der Waals surface area contributed by atoms with Gasteiger partial charge in [-0.15, -0.1) is 0 Å². The second-order valence-corrected chi connectivity index (χ2v) is 8.19. The fourth-order valence-electron chi connectivity index (χ4n) is 3.25. The Labute approximate surface area is 146 Å². The van der Waals surface area contributed by atoms with Crippen molar-refractivity contribution in [2.75, 3.05) is 26.2 Å². The molecule has 2 aliphatic rings. The van der Waals surface area contributed by atoms with Gasteiger partial charge in [0, 0.05) is 38.2 Å². The first kappa shape index (κ1) is 18.0. The summed E-state index contributed by atoms with van der Waals surface area (Å²) in [5.74, 6) is -1.92. The quantitative estimate of drug-likeness (QED) is 0.766. The molecule has 1 amide bonds. The van der Waals surface area contributed by atoms with Crippen molar-refractivity contribution < 1.29 is 22.0 Å². The van der Waals surface area contributed by atoms with Crippen molar-refractivity contribution in [3.8, 4) is 0 Å². The minimum atomic E-state index is -4.04. The Bertz CT molecular complexity index is 787. The Morgan fingerprint density at radius 1 is 1.08 bits per heavy atom. The third-order valence-electron chi connectivity index (χ3n) is 4.68. The lowest BCUT2D eigenvalue weighted by molar-refractivity contribution is -0.137. The molecule has 0 N–H and O–H groups in total. The lowest BCUT2D eigenvalue weighted by Gasteiger charge is -2.36. The number of nitrogens with zero attached hydrogens (tertiary/aromatic N) is 2. The molecule has 8 heteroatoms. The maximum Gasteiger partial charge on any atom is 0.246 e. The van der Waals surface area contributed by atoms with Crippen molar-refractivity contribution in [2.24, 2.45) is 5.92 Å². The molecule has 1 heterocycles. The van der Waals surface area contributed by atoms with E-state index in [2.05, 4.69) is 6.08 Å². The van der Waals surface area contributed by atoms with Gasteiger partial charge in [0.05, 0.1) is 0 Å². The maximum atomic E-state index is 13.8. The largest absolute Gasteiger partial charge is 0.340 e. The van der Waals surface area contributed by atoms with Gasteiger partial charge in [-0.3, -0.25) is 4.79 Å². The van der Waals surface area contributed by atoms with E-state index >= 15 is 0 Å². The molecule has 0 saturated carbocycles. The first-order valence-electron chi connectivity index (χ1n) is 8.28. The summed E-state index contributed by atoms with van der Waals surface area (Å²) in [5, 5.41) is 0. The molecule has 1 aliphatic heterocycles. The first-order valence-corrected chi connectivity index (χ1v) is 9.72. The first-order chi connectivity index (χ1) is 11.9. The highest BCUT2D eigenvalue weighted by Gasteiger charge is 2.33. The van der Waals surface area contributed by atoms with E-state index < -0.39 is 26.6 Å². The Morgan fingerprint density at radius 2 is 1.80 bits per heavy atom. The number of rotatable bonds is 3. The Hall–Kier alpha value is -1.80. The molecule has 1 unspecified atom stereocenters. The summed E-state index contributed by atoms with van der Waals surface area (Å²) < 4.78 is 53.1. The molecule has 1 aliphatic carbocycles. The predicted octanol–water partition coefficient (Wildman–Crippen LogP) is 2.15. The summed E-state index contributed by atoms with van der Waals surface area (Å²) in [7, 11) is -4.04. The fourth-order valence-corrected chi connectivity index (χ4v) is 4.72. The smallest absolute Gasteiger partial charge is 0.246 e. The highest BCUT2D eigenvalue weighted by Crippen LogP contribution is 2.24. The van der Waals surface area contributed by atoms with Gasteiger partial charge in [0.15, 0.2) is 0 Å². The van der Waals surface area contributed by atoms with Crippen molar-refractivity contribution in [3.63, 3.8) is 0 Å². The summed E-state index contributed by atoms with van der Waals surface area (Å²) >= 11 is 0. The number of hydrogen-bond acceptors (Lipinski definition) is 3.